The summed E-state index contributed by atoms with van der Waals surface area (Å²) < 4.78 is 0. The number of fused-ring (bicyclic) bond motifs is 5. The van der Waals surface area contributed by atoms with E-state index >= 15 is 0 Å². The van der Waals surface area contributed by atoms with E-state index in [1.807, 2.05) is 103 Å². The molecule has 92 heavy (non-hydrogen) atoms. The molecular weight excluding hydrogens is 1120 g/mol. The van der Waals surface area contributed by atoms with Gasteiger partial charge in [-0.1, -0.05) is 267 Å². The van der Waals surface area contributed by atoms with Crippen molar-refractivity contribution in [3.05, 3.63) is 328 Å². The number of pyridine rings is 4. The van der Waals surface area contributed by atoms with Gasteiger partial charge in [0.2, 0.25) is 0 Å². The van der Waals surface area contributed by atoms with E-state index in [9.17, 15) is 0 Å². The maximum atomic E-state index is 5.14. The quantitative estimate of drug-likeness (QED) is 0.133. The van der Waals surface area contributed by atoms with Gasteiger partial charge in [-0.25, -0.2) is 39.9 Å². The van der Waals surface area contributed by atoms with E-state index in [0.717, 1.165) is 134 Å². The van der Waals surface area contributed by atoms with Gasteiger partial charge in [0, 0.05) is 54.9 Å². The number of hydrogen-bond acceptors (Lipinski definition) is 8. The molecule has 0 spiro atoms. The highest BCUT2D eigenvalue weighted by molar-refractivity contribution is 5.99. The van der Waals surface area contributed by atoms with E-state index in [4.69, 9.17) is 39.9 Å². The molecule has 6 heterocycles. The van der Waals surface area contributed by atoms with Gasteiger partial charge < -0.3 is 0 Å². The number of rotatable bonds is 10. The molecule has 0 atom stereocenters. The van der Waals surface area contributed by atoms with E-state index < -0.39 is 0 Å². The zero-order valence-corrected chi connectivity index (χ0v) is 49.8. The van der Waals surface area contributed by atoms with Gasteiger partial charge in [-0.05, 0) is 93.7 Å². The molecule has 17 rings (SSSR count). The first-order chi connectivity index (χ1) is 45.5. The summed E-state index contributed by atoms with van der Waals surface area (Å²) >= 11 is 0. The predicted molar refractivity (Wildman–Crippen MR) is 377 cm³/mol. The predicted octanol–water partition coefficient (Wildman–Crippen LogP) is 21.0. The van der Waals surface area contributed by atoms with Crippen molar-refractivity contribution >= 4 is 54.4 Å². The fourth-order valence-corrected chi connectivity index (χ4v) is 12.0. The lowest BCUT2D eigenvalue weighted by Crippen LogP contribution is -1.97. The molecule has 0 unspecified atom stereocenters. The molecule has 0 radical (unpaired) electrons. The highest BCUT2D eigenvalue weighted by Gasteiger charge is 2.16. The van der Waals surface area contributed by atoms with E-state index in [1.54, 1.807) is 0 Å². The SMILES string of the molecule is c1ccc(-c2cc(-c3ccccc3)nc(-c3ccc4ccc(-c5ccc6ccc(-c7cccc8ccccc78)cc6n5)cc4n3)n2)cc1.c1ccc(-c2ccc3ccc(-c4ccc5ccc(-c6nc(-c7ccccc7)cc(-c7ccccc7)n6)nc5c4)nc3c2)cc1. The fraction of sp³-hybridized carbons (Fsp3) is 0. The van der Waals surface area contributed by atoms with Gasteiger partial charge in [0.25, 0.3) is 0 Å². The lowest BCUT2D eigenvalue weighted by atomic mass is 9.97. The van der Waals surface area contributed by atoms with Crippen molar-refractivity contribution in [2.45, 2.75) is 0 Å². The molecule has 0 saturated carbocycles. The smallest absolute Gasteiger partial charge is 0.179 e. The van der Waals surface area contributed by atoms with Gasteiger partial charge in [0.05, 0.1) is 56.2 Å². The van der Waals surface area contributed by atoms with E-state index in [-0.39, 0.29) is 0 Å². The van der Waals surface area contributed by atoms with Crippen molar-refractivity contribution in [2.24, 2.45) is 0 Å². The molecule has 430 valence electrons. The minimum Gasteiger partial charge on any atom is -0.248 e. The number of benzene rings is 11. The summed E-state index contributed by atoms with van der Waals surface area (Å²) in [4.78, 5) is 40.3. The molecule has 0 saturated heterocycles. The van der Waals surface area contributed by atoms with Crippen LogP contribution in [0, 0.1) is 0 Å². The summed E-state index contributed by atoms with van der Waals surface area (Å²) in [6.07, 6.45) is 0. The van der Waals surface area contributed by atoms with Gasteiger partial charge in [-0.15, -0.1) is 0 Å². The summed E-state index contributed by atoms with van der Waals surface area (Å²) in [5, 5.41) is 6.78. The Morgan fingerprint density at radius 2 is 0.457 bits per heavy atom. The molecule has 6 aromatic heterocycles. The minimum atomic E-state index is 0.590. The van der Waals surface area contributed by atoms with Crippen molar-refractivity contribution < 1.29 is 0 Å². The summed E-state index contributed by atoms with van der Waals surface area (Å²) in [5.74, 6) is 1.18. The highest BCUT2D eigenvalue weighted by atomic mass is 14.9. The number of aromatic nitrogens is 8. The van der Waals surface area contributed by atoms with Crippen LogP contribution in [0.1, 0.15) is 0 Å². The van der Waals surface area contributed by atoms with Crippen LogP contribution in [-0.4, -0.2) is 39.9 Å². The van der Waals surface area contributed by atoms with Crippen LogP contribution in [0.15, 0.2) is 328 Å². The van der Waals surface area contributed by atoms with Crippen LogP contribution in [0.2, 0.25) is 0 Å². The largest absolute Gasteiger partial charge is 0.248 e. The Morgan fingerprint density at radius 3 is 0.880 bits per heavy atom. The Morgan fingerprint density at radius 1 is 0.152 bits per heavy atom. The van der Waals surface area contributed by atoms with E-state index in [1.165, 1.54) is 21.9 Å². The van der Waals surface area contributed by atoms with Gasteiger partial charge in [0.1, 0.15) is 11.4 Å². The third kappa shape index (κ3) is 11.3. The van der Waals surface area contributed by atoms with E-state index in [0.29, 0.717) is 11.6 Å². The zero-order chi connectivity index (χ0) is 61.2. The van der Waals surface area contributed by atoms with Crippen molar-refractivity contribution in [3.8, 4) is 113 Å². The summed E-state index contributed by atoms with van der Waals surface area (Å²) in [7, 11) is 0. The highest BCUT2D eigenvalue weighted by Crippen LogP contribution is 2.35. The van der Waals surface area contributed by atoms with E-state index in [2.05, 4.69) is 224 Å². The van der Waals surface area contributed by atoms with Crippen LogP contribution < -0.4 is 0 Å². The van der Waals surface area contributed by atoms with Crippen molar-refractivity contribution in [1.29, 1.82) is 0 Å². The lowest BCUT2D eigenvalue weighted by Gasteiger charge is -2.10. The Hall–Kier alpha value is -12.5. The topological polar surface area (TPSA) is 103 Å². The Balaban J connectivity index is 0.000000147. The zero-order valence-electron chi connectivity index (χ0n) is 49.8. The molecule has 11 aromatic carbocycles. The van der Waals surface area contributed by atoms with Gasteiger partial charge in [0.15, 0.2) is 11.6 Å². The Bertz CT molecular complexity index is 5450. The van der Waals surface area contributed by atoms with Crippen LogP contribution >= 0.6 is 0 Å². The first kappa shape index (κ1) is 54.8. The molecule has 8 nitrogen and oxygen atoms in total. The third-order valence-electron chi connectivity index (χ3n) is 16.8. The number of hydrogen-bond donors (Lipinski definition) is 0. The summed E-state index contributed by atoms with van der Waals surface area (Å²) in [6.45, 7) is 0. The number of nitrogens with zero attached hydrogens (tertiary/aromatic N) is 8. The van der Waals surface area contributed by atoms with Gasteiger partial charge >= 0.3 is 0 Å². The van der Waals surface area contributed by atoms with Crippen LogP contribution in [-0.2, 0) is 0 Å². The third-order valence-corrected chi connectivity index (χ3v) is 16.8. The molecule has 0 aliphatic carbocycles. The monoisotopic (exact) mass is 1170 g/mol. The second kappa shape index (κ2) is 24.2. The Kier molecular flexibility index (Phi) is 14.4. The van der Waals surface area contributed by atoms with Crippen LogP contribution in [0.4, 0.5) is 0 Å². The lowest BCUT2D eigenvalue weighted by molar-refractivity contribution is 1.16. The molecule has 0 aliphatic rings. The van der Waals surface area contributed by atoms with Crippen molar-refractivity contribution in [1.82, 2.24) is 39.9 Å². The van der Waals surface area contributed by atoms with Crippen LogP contribution in [0.5, 0.6) is 0 Å². The molecule has 8 heteroatoms. The summed E-state index contributed by atoms with van der Waals surface area (Å²) in [5.41, 5.74) is 21.2. The average Bonchev–Trinajstić information content (AvgIpc) is 1.66. The van der Waals surface area contributed by atoms with Crippen molar-refractivity contribution in [2.75, 3.05) is 0 Å². The molecule has 0 fully saturated rings. The summed E-state index contributed by atoms with van der Waals surface area (Å²) in [6, 6.07) is 113. The second-order valence-electron chi connectivity index (χ2n) is 22.7. The molecule has 0 bridgehead atoms. The second-order valence-corrected chi connectivity index (χ2v) is 22.7. The van der Waals surface area contributed by atoms with Crippen LogP contribution in [0.3, 0.4) is 0 Å². The van der Waals surface area contributed by atoms with Gasteiger partial charge in [-0.3, -0.25) is 0 Å². The molecule has 17 aromatic rings. The average molecular weight is 1180 g/mol. The maximum Gasteiger partial charge on any atom is 0.179 e. The first-order valence-corrected chi connectivity index (χ1v) is 30.7. The minimum absolute atomic E-state index is 0.590. The molecular formula is C84H54N8. The fourth-order valence-electron chi connectivity index (χ4n) is 12.0. The van der Waals surface area contributed by atoms with Gasteiger partial charge in [-0.2, -0.15) is 0 Å². The first-order valence-electron chi connectivity index (χ1n) is 30.7. The normalized spacial score (nSPS) is 11.3. The maximum absolute atomic E-state index is 5.14. The standard InChI is InChI=1S/C44H28N4.C40H26N4/c1-3-11-30(12-4-1)42-28-43(31-13-5-2-6-14-31)48-44(47-42)39-25-23-33-19-21-35(27-41(33)46-39)38-24-22-32-18-20-34(26-40(32)45-38)37-17-9-15-29-10-7-8-16-36(29)37;1-4-10-27(11-5-1)32-18-16-30-20-22-34(41-36(30)24-32)33-19-17-31-21-23-35(42-37(31)25-33)40-43-38(28-12-6-2-7-13-28)26-39(44-40)29-14-8-3-9-15-29/h1-28H;1-26H. The molecule has 0 amide bonds. The Labute approximate surface area is 531 Å². The van der Waals surface area contributed by atoms with Crippen molar-refractivity contribution in [3.63, 3.8) is 0 Å². The molecule has 0 aliphatic heterocycles. The molecule has 0 N–H and O–H groups in total. The van der Waals surface area contributed by atoms with Crippen LogP contribution in [0.25, 0.3) is 167 Å².